The summed E-state index contributed by atoms with van der Waals surface area (Å²) in [6.45, 7) is 3.75. The van der Waals surface area contributed by atoms with Crippen molar-refractivity contribution in [2.75, 3.05) is 12.8 Å². The lowest BCUT2D eigenvalue weighted by Crippen LogP contribution is -2.01. The Morgan fingerprint density at radius 1 is 1.78 bits per heavy atom. The molecule has 0 heterocycles. The summed E-state index contributed by atoms with van der Waals surface area (Å²) in [5.74, 6) is -0.339. The molecule has 0 fully saturated rings. The molecule has 0 radical (unpaired) electrons. The van der Waals surface area contributed by atoms with Gasteiger partial charge < -0.3 is 4.74 Å². The van der Waals surface area contributed by atoms with Crippen LogP contribution in [-0.2, 0) is 9.53 Å². The second-order valence-corrected chi connectivity index (χ2v) is 2.09. The summed E-state index contributed by atoms with van der Waals surface area (Å²) >= 11 is 0. The molecular weight excluding hydrogens is 135 g/mol. The van der Waals surface area contributed by atoms with Gasteiger partial charge in [0.15, 0.2) is 0 Å². The van der Waals surface area contributed by atoms with Crippen LogP contribution in [-0.4, -0.2) is 18.7 Å². The van der Waals surface area contributed by atoms with Gasteiger partial charge in [0.25, 0.3) is 0 Å². The quantitative estimate of drug-likeness (QED) is 0.256. The Labute approximate surface area is 57.5 Å². The van der Waals surface area contributed by atoms with Crippen LogP contribution in [0, 0.1) is 0 Å². The number of esters is 1. The van der Waals surface area contributed by atoms with E-state index in [0.29, 0.717) is 6.61 Å². The first-order valence-electron chi connectivity index (χ1n) is 2.80. The highest BCUT2D eigenvalue weighted by atomic mass is 31.0. The molecule has 1 unspecified atom stereocenters. The minimum atomic E-state index is -0.339. The molecule has 0 saturated heterocycles. The van der Waals surface area contributed by atoms with Gasteiger partial charge >= 0.3 is 5.97 Å². The van der Waals surface area contributed by atoms with Crippen LogP contribution >= 0.6 is 9.24 Å². The van der Waals surface area contributed by atoms with Crippen molar-refractivity contribution in [1.29, 1.82) is 0 Å². The highest BCUT2D eigenvalue weighted by Gasteiger charge is 1.91. The molecule has 0 spiro atoms. The van der Waals surface area contributed by atoms with Crippen LogP contribution in [0.1, 0.15) is 6.42 Å². The Morgan fingerprint density at radius 3 is 2.89 bits per heavy atom. The molecule has 0 amide bonds. The van der Waals surface area contributed by atoms with Gasteiger partial charge in [0, 0.05) is 6.08 Å². The lowest BCUT2D eigenvalue weighted by molar-refractivity contribution is -0.137. The molecule has 1 atom stereocenters. The van der Waals surface area contributed by atoms with E-state index in [4.69, 9.17) is 0 Å². The molecule has 0 saturated carbocycles. The Balaban J connectivity index is 3.07. The van der Waals surface area contributed by atoms with Crippen molar-refractivity contribution in [3.05, 3.63) is 12.7 Å². The highest BCUT2D eigenvalue weighted by molar-refractivity contribution is 7.16. The number of rotatable bonds is 4. The van der Waals surface area contributed by atoms with E-state index in [1.54, 1.807) is 0 Å². The van der Waals surface area contributed by atoms with Crippen LogP contribution in [0.25, 0.3) is 0 Å². The Bertz CT molecular complexity index is 101. The largest absolute Gasteiger partial charge is 0.463 e. The third kappa shape index (κ3) is 5.51. The third-order valence-electron chi connectivity index (χ3n) is 0.759. The SMILES string of the molecule is C=CC(=O)OCCCP. The van der Waals surface area contributed by atoms with Gasteiger partial charge in [-0.1, -0.05) is 6.58 Å². The molecule has 0 aromatic heterocycles. The molecule has 0 aliphatic heterocycles. The topological polar surface area (TPSA) is 26.3 Å². The molecular formula is C6H11O2P. The van der Waals surface area contributed by atoms with Crippen LogP contribution in [0.5, 0.6) is 0 Å². The predicted molar refractivity (Wildman–Crippen MR) is 40.4 cm³/mol. The fourth-order valence-corrected chi connectivity index (χ4v) is 0.482. The van der Waals surface area contributed by atoms with Crippen LogP contribution in [0.2, 0.25) is 0 Å². The fraction of sp³-hybridized carbons (Fsp3) is 0.500. The second kappa shape index (κ2) is 5.77. The Morgan fingerprint density at radius 2 is 2.44 bits per heavy atom. The first-order chi connectivity index (χ1) is 4.31. The van der Waals surface area contributed by atoms with Crippen LogP contribution in [0.4, 0.5) is 0 Å². The maximum atomic E-state index is 10.3. The van der Waals surface area contributed by atoms with Crippen LogP contribution < -0.4 is 0 Å². The van der Waals surface area contributed by atoms with Gasteiger partial charge in [-0.05, 0) is 12.6 Å². The standard InChI is InChI=1S/C6H11O2P/c1-2-6(7)8-4-3-5-9/h2H,1,3-5,9H2. The predicted octanol–water partition coefficient (Wildman–Crippen LogP) is 0.981. The summed E-state index contributed by atoms with van der Waals surface area (Å²) in [6.07, 6.45) is 3.03. The molecule has 52 valence electrons. The molecule has 3 heteroatoms. The second-order valence-electron chi connectivity index (χ2n) is 1.51. The van der Waals surface area contributed by atoms with Gasteiger partial charge in [-0.2, -0.15) is 0 Å². The number of ether oxygens (including phenoxy) is 1. The van der Waals surface area contributed by atoms with Crippen molar-refractivity contribution in [3.63, 3.8) is 0 Å². The van der Waals surface area contributed by atoms with E-state index in [1.165, 1.54) is 6.08 Å². The van der Waals surface area contributed by atoms with Gasteiger partial charge in [-0.25, -0.2) is 4.79 Å². The van der Waals surface area contributed by atoms with Crippen molar-refractivity contribution < 1.29 is 9.53 Å². The van der Waals surface area contributed by atoms with Crippen LogP contribution in [0.3, 0.4) is 0 Å². The zero-order valence-corrected chi connectivity index (χ0v) is 6.45. The van der Waals surface area contributed by atoms with Gasteiger partial charge in [-0.15, -0.1) is 9.24 Å². The first-order valence-corrected chi connectivity index (χ1v) is 3.62. The lowest BCUT2D eigenvalue weighted by Gasteiger charge is -1.97. The first kappa shape index (κ1) is 8.64. The minimum absolute atomic E-state index is 0.339. The molecule has 2 nitrogen and oxygen atoms in total. The Kier molecular flexibility index (Phi) is 5.54. The maximum Gasteiger partial charge on any atom is 0.330 e. The van der Waals surface area contributed by atoms with E-state index in [0.717, 1.165) is 12.6 Å². The summed E-state index contributed by atoms with van der Waals surface area (Å²) in [6, 6.07) is 0. The van der Waals surface area contributed by atoms with E-state index in [9.17, 15) is 4.79 Å². The Hall–Kier alpha value is -0.360. The van der Waals surface area contributed by atoms with E-state index in [-0.39, 0.29) is 5.97 Å². The van der Waals surface area contributed by atoms with Gasteiger partial charge in [-0.3, -0.25) is 0 Å². The molecule has 0 rings (SSSR count). The summed E-state index contributed by atoms with van der Waals surface area (Å²) in [4.78, 5) is 10.3. The fourth-order valence-electron chi connectivity index (χ4n) is 0.315. The number of hydrogen-bond donors (Lipinski definition) is 0. The van der Waals surface area contributed by atoms with Crippen molar-refractivity contribution in [2.24, 2.45) is 0 Å². The summed E-state index contributed by atoms with van der Waals surface area (Å²) in [7, 11) is 2.56. The molecule has 0 aliphatic rings. The highest BCUT2D eigenvalue weighted by Crippen LogP contribution is 1.89. The maximum absolute atomic E-state index is 10.3. The van der Waals surface area contributed by atoms with E-state index < -0.39 is 0 Å². The molecule has 0 bridgehead atoms. The zero-order valence-electron chi connectivity index (χ0n) is 5.30. The molecule has 0 aromatic carbocycles. The number of carbonyl (C=O) groups is 1. The van der Waals surface area contributed by atoms with Crippen molar-refractivity contribution >= 4 is 15.2 Å². The van der Waals surface area contributed by atoms with E-state index in [1.807, 2.05) is 0 Å². The third-order valence-corrected chi connectivity index (χ3v) is 1.17. The normalized spacial score (nSPS) is 8.56. The average molecular weight is 146 g/mol. The van der Waals surface area contributed by atoms with Crippen molar-refractivity contribution in [1.82, 2.24) is 0 Å². The summed E-state index contributed by atoms with van der Waals surface area (Å²) in [5.41, 5.74) is 0. The zero-order chi connectivity index (χ0) is 7.11. The number of hydrogen-bond acceptors (Lipinski definition) is 2. The average Bonchev–Trinajstić information content (AvgIpc) is 1.89. The van der Waals surface area contributed by atoms with Crippen molar-refractivity contribution in [2.45, 2.75) is 6.42 Å². The summed E-state index contributed by atoms with van der Waals surface area (Å²) < 4.78 is 4.66. The van der Waals surface area contributed by atoms with Crippen molar-refractivity contribution in [3.8, 4) is 0 Å². The molecule has 0 aromatic rings. The monoisotopic (exact) mass is 146 g/mol. The summed E-state index contributed by atoms with van der Waals surface area (Å²) in [5, 5.41) is 0. The van der Waals surface area contributed by atoms with Gasteiger partial charge in [0.2, 0.25) is 0 Å². The smallest absolute Gasteiger partial charge is 0.330 e. The van der Waals surface area contributed by atoms with E-state index in [2.05, 4.69) is 20.6 Å². The molecule has 9 heavy (non-hydrogen) atoms. The lowest BCUT2D eigenvalue weighted by atomic mass is 10.5. The van der Waals surface area contributed by atoms with E-state index >= 15 is 0 Å². The number of carbonyl (C=O) groups excluding carboxylic acids is 1. The van der Waals surface area contributed by atoms with Crippen LogP contribution in [0.15, 0.2) is 12.7 Å². The van der Waals surface area contributed by atoms with Gasteiger partial charge in [0.05, 0.1) is 6.61 Å². The minimum Gasteiger partial charge on any atom is -0.463 e. The molecule has 0 N–H and O–H groups in total. The molecule has 0 aliphatic carbocycles. The van der Waals surface area contributed by atoms with Gasteiger partial charge in [0.1, 0.15) is 0 Å².